The van der Waals surface area contributed by atoms with E-state index in [2.05, 4.69) is 5.32 Å². The number of methoxy groups -OCH3 is 1. The topological polar surface area (TPSA) is 75.6 Å². The normalized spacial score (nSPS) is 11.1. The van der Waals surface area contributed by atoms with Crippen LogP contribution in [0.3, 0.4) is 0 Å². The lowest BCUT2D eigenvalue weighted by atomic mass is 10.3. The number of halogens is 1. The maximum Gasteiger partial charge on any atom is 0.283 e. The van der Waals surface area contributed by atoms with Crippen LogP contribution in [-0.2, 0) is 10.1 Å². The van der Waals surface area contributed by atoms with Gasteiger partial charge in [0.2, 0.25) is 0 Å². The Bertz CT molecular complexity index is 446. The summed E-state index contributed by atoms with van der Waals surface area (Å²) in [6, 6.07) is 4.71. The Morgan fingerprint density at radius 3 is 2.73 bits per heavy atom. The molecule has 7 heteroatoms. The van der Waals surface area contributed by atoms with E-state index in [9.17, 15) is 8.42 Å². The van der Waals surface area contributed by atoms with E-state index >= 15 is 0 Å². The van der Waals surface area contributed by atoms with Crippen LogP contribution in [0.5, 0.6) is 5.75 Å². The third-order valence-corrected chi connectivity index (χ3v) is 2.35. The minimum Gasteiger partial charge on any atom is -0.495 e. The maximum absolute atomic E-state index is 10.5. The average Bonchev–Trinajstić information content (AvgIpc) is 2.14. The van der Waals surface area contributed by atoms with Gasteiger partial charge in [0.05, 0.1) is 12.8 Å². The monoisotopic (exact) mass is 251 g/mol. The molecular formula is C8H10ClNO4S. The second-order valence-corrected chi connectivity index (χ2v) is 4.64. The van der Waals surface area contributed by atoms with Crippen molar-refractivity contribution in [3.63, 3.8) is 0 Å². The van der Waals surface area contributed by atoms with Gasteiger partial charge in [0, 0.05) is 5.02 Å². The average molecular weight is 252 g/mol. The van der Waals surface area contributed by atoms with E-state index in [-0.39, 0.29) is 0 Å². The molecule has 0 aliphatic carbocycles. The van der Waals surface area contributed by atoms with E-state index < -0.39 is 16.0 Å². The molecule has 0 aliphatic heterocycles. The van der Waals surface area contributed by atoms with Crippen LogP contribution in [0.4, 0.5) is 5.69 Å². The molecular weight excluding hydrogens is 242 g/mol. The first-order valence-corrected chi connectivity index (χ1v) is 5.93. The summed E-state index contributed by atoms with van der Waals surface area (Å²) < 4.78 is 34.5. The summed E-state index contributed by atoms with van der Waals surface area (Å²) in [7, 11) is -2.62. The van der Waals surface area contributed by atoms with Crippen molar-refractivity contribution in [2.45, 2.75) is 0 Å². The van der Waals surface area contributed by atoms with Crippen molar-refractivity contribution in [2.24, 2.45) is 0 Å². The van der Waals surface area contributed by atoms with Crippen molar-refractivity contribution in [3.05, 3.63) is 23.2 Å². The molecule has 0 fully saturated rings. The van der Waals surface area contributed by atoms with Gasteiger partial charge in [0.25, 0.3) is 10.1 Å². The highest BCUT2D eigenvalue weighted by Gasteiger charge is 2.07. The standard InChI is InChI=1S/C8H10ClNO4S/c1-14-8-3-2-6(9)4-7(8)10-5-15(11,12)13/h2-4,10H,5H2,1H3,(H,11,12,13). The molecule has 5 nitrogen and oxygen atoms in total. The van der Waals surface area contributed by atoms with Crippen molar-refractivity contribution in [2.75, 3.05) is 18.3 Å². The Labute approximate surface area is 92.8 Å². The number of hydrogen-bond acceptors (Lipinski definition) is 4. The Morgan fingerprint density at radius 2 is 2.20 bits per heavy atom. The maximum atomic E-state index is 10.5. The zero-order valence-corrected chi connectivity index (χ0v) is 9.47. The van der Waals surface area contributed by atoms with Crippen LogP contribution in [0.15, 0.2) is 18.2 Å². The molecule has 0 amide bonds. The van der Waals surface area contributed by atoms with Crippen LogP contribution in [0, 0.1) is 0 Å². The first-order valence-electron chi connectivity index (χ1n) is 3.95. The van der Waals surface area contributed by atoms with Crippen LogP contribution in [0.1, 0.15) is 0 Å². The molecule has 0 heterocycles. The fraction of sp³-hybridized carbons (Fsp3) is 0.250. The summed E-state index contributed by atoms with van der Waals surface area (Å²) >= 11 is 5.72. The van der Waals surface area contributed by atoms with E-state index in [4.69, 9.17) is 20.9 Å². The van der Waals surface area contributed by atoms with Crippen molar-refractivity contribution in [1.29, 1.82) is 0 Å². The van der Waals surface area contributed by atoms with Crippen LogP contribution < -0.4 is 10.1 Å². The molecule has 84 valence electrons. The fourth-order valence-electron chi connectivity index (χ4n) is 0.987. The molecule has 1 aromatic rings. The lowest BCUT2D eigenvalue weighted by Gasteiger charge is -2.09. The molecule has 0 aliphatic rings. The predicted octanol–water partition coefficient (Wildman–Crippen LogP) is 1.61. The van der Waals surface area contributed by atoms with Crippen molar-refractivity contribution >= 4 is 27.4 Å². The van der Waals surface area contributed by atoms with E-state index in [0.29, 0.717) is 16.5 Å². The number of anilines is 1. The zero-order chi connectivity index (χ0) is 11.5. The van der Waals surface area contributed by atoms with Gasteiger partial charge in [-0.2, -0.15) is 8.42 Å². The van der Waals surface area contributed by atoms with Crippen molar-refractivity contribution in [1.82, 2.24) is 0 Å². The number of nitrogens with one attached hydrogen (secondary N) is 1. The van der Waals surface area contributed by atoms with E-state index in [1.165, 1.54) is 13.2 Å². The molecule has 1 aromatic carbocycles. The van der Waals surface area contributed by atoms with E-state index in [0.717, 1.165) is 0 Å². The Balaban J connectivity index is 2.88. The summed E-state index contributed by atoms with van der Waals surface area (Å²) in [6.45, 7) is 0. The largest absolute Gasteiger partial charge is 0.495 e. The Morgan fingerprint density at radius 1 is 1.53 bits per heavy atom. The highest BCUT2D eigenvalue weighted by molar-refractivity contribution is 7.85. The van der Waals surface area contributed by atoms with Crippen LogP contribution in [-0.4, -0.2) is 26.0 Å². The second-order valence-electron chi connectivity index (χ2n) is 2.75. The molecule has 0 atom stereocenters. The first kappa shape index (κ1) is 12.1. The van der Waals surface area contributed by atoms with Gasteiger partial charge in [-0.3, -0.25) is 4.55 Å². The van der Waals surface area contributed by atoms with Crippen LogP contribution >= 0.6 is 11.6 Å². The molecule has 0 bridgehead atoms. The summed E-state index contributed by atoms with van der Waals surface area (Å²) in [5.41, 5.74) is 0.405. The lowest BCUT2D eigenvalue weighted by molar-refractivity contribution is 0.416. The van der Waals surface area contributed by atoms with Crippen molar-refractivity contribution in [3.8, 4) is 5.75 Å². The van der Waals surface area contributed by atoms with E-state index in [1.54, 1.807) is 12.1 Å². The Hall–Kier alpha value is -0.980. The number of benzene rings is 1. The van der Waals surface area contributed by atoms with Gasteiger partial charge in [0.15, 0.2) is 0 Å². The van der Waals surface area contributed by atoms with Crippen LogP contribution in [0.25, 0.3) is 0 Å². The number of ether oxygens (including phenoxy) is 1. The van der Waals surface area contributed by atoms with E-state index in [1.807, 2.05) is 0 Å². The molecule has 0 unspecified atom stereocenters. The first-order chi connectivity index (χ1) is 6.92. The molecule has 0 aromatic heterocycles. The number of rotatable bonds is 4. The minimum atomic E-state index is -4.07. The second kappa shape index (κ2) is 4.69. The summed E-state index contributed by atoms with van der Waals surface area (Å²) in [5.74, 6) is -0.146. The third kappa shape index (κ3) is 3.94. The molecule has 0 radical (unpaired) electrons. The highest BCUT2D eigenvalue weighted by Crippen LogP contribution is 2.27. The Kier molecular flexibility index (Phi) is 3.78. The SMILES string of the molecule is COc1ccc(Cl)cc1NCS(=O)(=O)O. The quantitative estimate of drug-likeness (QED) is 0.795. The van der Waals surface area contributed by atoms with Gasteiger partial charge < -0.3 is 10.1 Å². The fourth-order valence-corrected chi connectivity index (χ4v) is 1.50. The summed E-state index contributed by atoms with van der Waals surface area (Å²) in [4.78, 5) is 0. The van der Waals surface area contributed by atoms with Gasteiger partial charge in [-0.1, -0.05) is 11.6 Å². The highest BCUT2D eigenvalue weighted by atomic mass is 35.5. The third-order valence-electron chi connectivity index (χ3n) is 1.61. The van der Waals surface area contributed by atoms with Gasteiger partial charge in [-0.15, -0.1) is 0 Å². The number of hydrogen-bond donors (Lipinski definition) is 2. The van der Waals surface area contributed by atoms with Gasteiger partial charge >= 0.3 is 0 Å². The van der Waals surface area contributed by atoms with Crippen LogP contribution in [0.2, 0.25) is 5.02 Å². The molecule has 1 rings (SSSR count). The van der Waals surface area contributed by atoms with Crippen molar-refractivity contribution < 1.29 is 17.7 Å². The molecule has 15 heavy (non-hydrogen) atoms. The molecule has 2 N–H and O–H groups in total. The summed E-state index contributed by atoms with van der Waals surface area (Å²) in [5, 5.41) is 2.94. The molecule has 0 saturated heterocycles. The zero-order valence-electron chi connectivity index (χ0n) is 7.90. The molecule has 0 spiro atoms. The summed E-state index contributed by atoms with van der Waals surface area (Å²) in [6.07, 6.45) is 0. The molecule has 0 saturated carbocycles. The van der Waals surface area contributed by atoms with Gasteiger partial charge in [-0.05, 0) is 18.2 Å². The predicted molar refractivity (Wildman–Crippen MR) is 58.0 cm³/mol. The minimum absolute atomic E-state index is 0.405. The van der Waals surface area contributed by atoms with Gasteiger partial charge in [-0.25, -0.2) is 0 Å². The van der Waals surface area contributed by atoms with Gasteiger partial charge in [0.1, 0.15) is 11.6 Å². The lowest BCUT2D eigenvalue weighted by Crippen LogP contribution is -2.13. The smallest absolute Gasteiger partial charge is 0.283 e.